The van der Waals surface area contributed by atoms with Gasteiger partial charge in [0.1, 0.15) is 0 Å². The summed E-state index contributed by atoms with van der Waals surface area (Å²) < 4.78 is 5.53. The van der Waals surface area contributed by atoms with E-state index in [-0.39, 0.29) is 5.54 Å². The first-order valence-electron chi connectivity index (χ1n) is 9.10. The third kappa shape index (κ3) is 6.02. The third-order valence-corrected chi connectivity index (χ3v) is 5.70. The fourth-order valence-electron chi connectivity index (χ4n) is 3.21. The van der Waals surface area contributed by atoms with Gasteiger partial charge in [0.2, 0.25) is 0 Å². The maximum absolute atomic E-state index is 6.22. The minimum Gasteiger partial charge on any atom is -0.381 e. The van der Waals surface area contributed by atoms with Crippen molar-refractivity contribution in [1.29, 1.82) is 0 Å². The molecule has 0 atom stereocenters. The molecule has 1 aromatic carbocycles. The van der Waals surface area contributed by atoms with E-state index in [9.17, 15) is 0 Å². The number of rotatable bonds is 7. The zero-order valence-corrected chi connectivity index (χ0v) is 17.5. The van der Waals surface area contributed by atoms with Crippen molar-refractivity contribution in [2.24, 2.45) is 4.99 Å². The van der Waals surface area contributed by atoms with Gasteiger partial charge >= 0.3 is 0 Å². The van der Waals surface area contributed by atoms with Gasteiger partial charge in [-0.05, 0) is 57.5 Å². The Morgan fingerprint density at radius 2 is 1.96 bits per heavy atom. The SMILES string of the molecule is CN=C(NCCCc1ccc(Cl)cc1Cl)NCC1(N(C)C)CCOCC1. The van der Waals surface area contributed by atoms with Crippen LogP contribution < -0.4 is 10.6 Å². The summed E-state index contributed by atoms with van der Waals surface area (Å²) in [4.78, 5) is 6.64. The smallest absolute Gasteiger partial charge is 0.191 e. The quantitative estimate of drug-likeness (QED) is 0.419. The highest BCUT2D eigenvalue weighted by atomic mass is 35.5. The Hall–Kier alpha value is -1.01. The summed E-state index contributed by atoms with van der Waals surface area (Å²) in [5.74, 6) is 0.833. The predicted octanol–water partition coefficient (Wildman–Crippen LogP) is 3.20. The summed E-state index contributed by atoms with van der Waals surface area (Å²) >= 11 is 12.2. The van der Waals surface area contributed by atoms with Crippen LogP contribution in [-0.2, 0) is 11.2 Å². The molecule has 0 unspecified atom stereocenters. The maximum Gasteiger partial charge on any atom is 0.191 e. The normalized spacial score (nSPS) is 17.4. The van der Waals surface area contributed by atoms with Gasteiger partial charge in [-0.15, -0.1) is 0 Å². The summed E-state index contributed by atoms with van der Waals surface area (Å²) in [6.07, 6.45) is 3.92. The van der Waals surface area contributed by atoms with Gasteiger partial charge in [-0.3, -0.25) is 4.99 Å². The number of benzene rings is 1. The van der Waals surface area contributed by atoms with E-state index in [1.54, 1.807) is 13.1 Å². The van der Waals surface area contributed by atoms with Gasteiger partial charge < -0.3 is 20.3 Å². The van der Waals surface area contributed by atoms with Crippen molar-refractivity contribution in [3.8, 4) is 0 Å². The number of ether oxygens (including phenoxy) is 1. The van der Waals surface area contributed by atoms with Gasteiger partial charge in [0.15, 0.2) is 5.96 Å². The molecule has 0 radical (unpaired) electrons. The molecule has 1 heterocycles. The average molecular weight is 401 g/mol. The second-order valence-electron chi connectivity index (χ2n) is 6.92. The first-order chi connectivity index (χ1) is 12.5. The minimum atomic E-state index is 0.118. The van der Waals surface area contributed by atoms with E-state index in [1.165, 1.54) is 0 Å². The largest absolute Gasteiger partial charge is 0.381 e. The number of hydrogen-bond acceptors (Lipinski definition) is 3. The van der Waals surface area contributed by atoms with Crippen molar-refractivity contribution in [3.05, 3.63) is 33.8 Å². The lowest BCUT2D eigenvalue weighted by atomic mass is 9.88. The van der Waals surface area contributed by atoms with Crippen LogP contribution in [0.15, 0.2) is 23.2 Å². The topological polar surface area (TPSA) is 48.9 Å². The van der Waals surface area contributed by atoms with Gasteiger partial charge in [-0.2, -0.15) is 0 Å². The van der Waals surface area contributed by atoms with Crippen LogP contribution in [0.5, 0.6) is 0 Å². The molecule has 2 rings (SSSR count). The van der Waals surface area contributed by atoms with Crippen LogP contribution in [0.2, 0.25) is 10.0 Å². The van der Waals surface area contributed by atoms with Crippen molar-refractivity contribution in [1.82, 2.24) is 15.5 Å². The van der Waals surface area contributed by atoms with Crippen LogP contribution in [0.1, 0.15) is 24.8 Å². The zero-order chi connectivity index (χ0) is 19.0. The Labute approximate surface area is 167 Å². The fourth-order valence-corrected chi connectivity index (χ4v) is 3.72. The van der Waals surface area contributed by atoms with Crippen molar-refractivity contribution < 1.29 is 4.74 Å². The highest BCUT2D eigenvalue weighted by Crippen LogP contribution is 2.25. The van der Waals surface area contributed by atoms with Crippen molar-refractivity contribution >= 4 is 29.2 Å². The van der Waals surface area contributed by atoms with E-state index < -0.39 is 0 Å². The van der Waals surface area contributed by atoms with Gasteiger partial charge in [-0.25, -0.2) is 0 Å². The van der Waals surface area contributed by atoms with E-state index in [1.807, 2.05) is 12.1 Å². The van der Waals surface area contributed by atoms with Crippen molar-refractivity contribution in [3.63, 3.8) is 0 Å². The fraction of sp³-hybridized carbons (Fsp3) is 0.632. The van der Waals surface area contributed by atoms with Gasteiger partial charge in [0.05, 0.1) is 0 Å². The van der Waals surface area contributed by atoms with Crippen molar-refractivity contribution in [2.75, 3.05) is 47.4 Å². The Balaban J connectivity index is 1.77. The molecule has 0 bridgehead atoms. The number of hydrogen-bond donors (Lipinski definition) is 2. The number of aryl methyl sites for hydroxylation is 1. The summed E-state index contributed by atoms with van der Waals surface area (Å²) in [5, 5.41) is 8.26. The molecule has 146 valence electrons. The monoisotopic (exact) mass is 400 g/mol. The molecular weight excluding hydrogens is 371 g/mol. The summed E-state index contributed by atoms with van der Waals surface area (Å²) in [5.41, 5.74) is 1.24. The van der Waals surface area contributed by atoms with E-state index in [4.69, 9.17) is 27.9 Å². The number of aliphatic imine (C=N–C) groups is 1. The zero-order valence-electron chi connectivity index (χ0n) is 15.9. The third-order valence-electron chi connectivity index (χ3n) is 5.11. The molecule has 0 saturated carbocycles. The first-order valence-corrected chi connectivity index (χ1v) is 9.86. The summed E-state index contributed by atoms with van der Waals surface area (Å²) in [6, 6.07) is 5.66. The number of nitrogens with one attached hydrogen (secondary N) is 2. The number of halogens is 2. The summed E-state index contributed by atoms with van der Waals surface area (Å²) in [6.45, 7) is 3.31. The summed E-state index contributed by atoms with van der Waals surface area (Å²) in [7, 11) is 6.08. The lowest BCUT2D eigenvalue weighted by Crippen LogP contribution is -2.57. The highest BCUT2D eigenvalue weighted by Gasteiger charge is 2.34. The van der Waals surface area contributed by atoms with Crippen LogP contribution in [-0.4, -0.2) is 63.8 Å². The van der Waals surface area contributed by atoms with Crippen LogP contribution in [0.25, 0.3) is 0 Å². The van der Waals surface area contributed by atoms with E-state index >= 15 is 0 Å². The molecule has 7 heteroatoms. The van der Waals surface area contributed by atoms with Gasteiger partial charge in [-0.1, -0.05) is 29.3 Å². The molecule has 1 saturated heterocycles. The molecule has 1 aliphatic heterocycles. The number of nitrogens with zero attached hydrogens (tertiary/aromatic N) is 2. The Kier molecular flexibility index (Phi) is 8.48. The molecule has 26 heavy (non-hydrogen) atoms. The number of guanidine groups is 1. The van der Waals surface area contributed by atoms with Crippen LogP contribution in [0.4, 0.5) is 0 Å². The lowest BCUT2D eigenvalue weighted by Gasteiger charge is -2.43. The first kappa shape index (κ1) is 21.3. The van der Waals surface area contributed by atoms with E-state index in [0.717, 1.165) is 68.5 Å². The van der Waals surface area contributed by atoms with Crippen molar-refractivity contribution in [2.45, 2.75) is 31.2 Å². The predicted molar refractivity (Wildman–Crippen MR) is 111 cm³/mol. The Morgan fingerprint density at radius 1 is 1.23 bits per heavy atom. The number of likely N-dealkylation sites (N-methyl/N-ethyl adjacent to an activating group) is 1. The molecule has 0 aromatic heterocycles. The second kappa shape index (κ2) is 10.4. The van der Waals surface area contributed by atoms with Gasteiger partial charge in [0.25, 0.3) is 0 Å². The van der Waals surface area contributed by atoms with Crippen LogP contribution in [0, 0.1) is 0 Å². The van der Waals surface area contributed by atoms with Crippen LogP contribution >= 0.6 is 23.2 Å². The molecule has 0 aliphatic carbocycles. The maximum atomic E-state index is 6.22. The molecule has 1 aromatic rings. The minimum absolute atomic E-state index is 0.118. The highest BCUT2D eigenvalue weighted by molar-refractivity contribution is 6.35. The van der Waals surface area contributed by atoms with E-state index in [2.05, 4.69) is 34.6 Å². The lowest BCUT2D eigenvalue weighted by molar-refractivity contribution is -0.00501. The van der Waals surface area contributed by atoms with Gasteiger partial charge in [0, 0.05) is 48.9 Å². The molecule has 2 N–H and O–H groups in total. The molecule has 5 nitrogen and oxygen atoms in total. The molecule has 1 fully saturated rings. The Morgan fingerprint density at radius 3 is 2.58 bits per heavy atom. The average Bonchev–Trinajstić information content (AvgIpc) is 2.63. The molecule has 0 amide bonds. The molecule has 1 aliphatic rings. The van der Waals surface area contributed by atoms with Crippen LogP contribution in [0.3, 0.4) is 0 Å². The van der Waals surface area contributed by atoms with E-state index in [0.29, 0.717) is 5.02 Å². The second-order valence-corrected chi connectivity index (χ2v) is 7.77. The Bertz CT molecular complexity index is 601. The molecular formula is C19H30Cl2N4O. The standard InChI is InChI=1S/C19H30Cl2N4O/c1-22-18(24-14-19(25(2)3)8-11-26-12-9-19)23-10-4-5-15-6-7-16(20)13-17(15)21/h6-7,13H,4-5,8-12,14H2,1-3H3,(H2,22,23,24). The molecule has 0 spiro atoms.